The third-order valence-corrected chi connectivity index (χ3v) is 5.81. The van der Waals surface area contributed by atoms with Crippen LogP contribution in [0.2, 0.25) is 0 Å². The topological polar surface area (TPSA) is 103 Å². The molecule has 2 aromatic rings. The van der Waals surface area contributed by atoms with E-state index in [0.29, 0.717) is 52.0 Å². The summed E-state index contributed by atoms with van der Waals surface area (Å²) in [4.78, 5) is 43.3. The predicted molar refractivity (Wildman–Crippen MR) is 126 cm³/mol. The number of benzene rings is 1. The van der Waals surface area contributed by atoms with Crippen molar-refractivity contribution in [1.29, 1.82) is 0 Å². The zero-order valence-corrected chi connectivity index (χ0v) is 19.0. The summed E-state index contributed by atoms with van der Waals surface area (Å²) in [7, 11) is 0. The van der Waals surface area contributed by atoms with Crippen LogP contribution in [-0.2, 0) is 22.6 Å². The lowest BCUT2D eigenvalue weighted by atomic mass is 9.98. The minimum Gasteiger partial charge on any atom is -0.356 e. The number of pyridine rings is 1. The molecule has 8 heteroatoms. The van der Waals surface area contributed by atoms with Crippen molar-refractivity contribution in [2.24, 2.45) is 5.92 Å². The van der Waals surface area contributed by atoms with Gasteiger partial charge in [0.1, 0.15) is 0 Å². The van der Waals surface area contributed by atoms with Gasteiger partial charge in [-0.1, -0.05) is 30.3 Å². The molecule has 3 rings (SSSR count). The van der Waals surface area contributed by atoms with Gasteiger partial charge in [-0.05, 0) is 48.9 Å². The molecular weight excluding hydrogens is 418 g/mol. The second-order valence-corrected chi connectivity index (χ2v) is 8.26. The zero-order chi connectivity index (χ0) is 23.3. The van der Waals surface area contributed by atoms with Crippen molar-refractivity contribution in [3.63, 3.8) is 0 Å². The van der Waals surface area contributed by atoms with E-state index in [1.165, 1.54) is 0 Å². The van der Waals surface area contributed by atoms with Gasteiger partial charge in [-0.25, -0.2) is 4.79 Å². The molecule has 0 bridgehead atoms. The summed E-state index contributed by atoms with van der Waals surface area (Å²) in [5.74, 6) is -0.345. The Balaban J connectivity index is 1.50. The highest BCUT2D eigenvalue weighted by molar-refractivity contribution is 5.80. The van der Waals surface area contributed by atoms with E-state index in [4.69, 9.17) is 0 Å². The van der Waals surface area contributed by atoms with E-state index in [2.05, 4.69) is 20.9 Å². The first-order chi connectivity index (χ1) is 16.1. The van der Waals surface area contributed by atoms with Crippen LogP contribution in [0.25, 0.3) is 0 Å². The SMILES string of the molecule is O=C1CCN(C(=O)NCCc2ccccc2)CCCC(C(=O)NCc2ccncc2)CCN1. The summed E-state index contributed by atoms with van der Waals surface area (Å²) in [5.41, 5.74) is 2.15. The maximum absolute atomic E-state index is 12.8. The van der Waals surface area contributed by atoms with Crippen LogP contribution in [0.1, 0.15) is 36.8 Å². The number of aromatic nitrogens is 1. The standard InChI is InChI=1S/C25H33N5O3/c31-23-12-18-30(25(33)28-15-10-20-5-2-1-3-6-20)17-4-7-22(11-16-27-23)24(32)29-19-21-8-13-26-14-9-21/h1-3,5-6,8-9,13-14,22H,4,7,10-12,15-19H2,(H,27,31)(H,28,33)(H,29,32). The van der Waals surface area contributed by atoms with Crippen molar-refractivity contribution in [1.82, 2.24) is 25.8 Å². The molecule has 1 saturated heterocycles. The van der Waals surface area contributed by atoms with Gasteiger partial charge in [0, 0.05) is 57.5 Å². The van der Waals surface area contributed by atoms with Crippen LogP contribution < -0.4 is 16.0 Å². The van der Waals surface area contributed by atoms with Gasteiger partial charge in [0.2, 0.25) is 11.8 Å². The minimum atomic E-state index is -0.215. The Morgan fingerprint density at radius 2 is 1.79 bits per heavy atom. The second kappa shape index (κ2) is 13.2. The van der Waals surface area contributed by atoms with Gasteiger partial charge in [-0.15, -0.1) is 0 Å². The molecule has 0 saturated carbocycles. The quantitative estimate of drug-likeness (QED) is 0.627. The number of amides is 4. The predicted octanol–water partition coefficient (Wildman–Crippen LogP) is 2.26. The Kier molecular flexibility index (Phi) is 9.69. The van der Waals surface area contributed by atoms with Crippen LogP contribution in [-0.4, -0.2) is 53.9 Å². The number of rotatable bonds is 6. The third-order valence-electron chi connectivity index (χ3n) is 5.81. The number of carbonyl (C=O) groups excluding carboxylic acids is 3. The van der Waals surface area contributed by atoms with E-state index in [-0.39, 0.29) is 30.2 Å². The van der Waals surface area contributed by atoms with Crippen LogP contribution >= 0.6 is 0 Å². The van der Waals surface area contributed by atoms with Crippen molar-refractivity contribution in [3.05, 3.63) is 66.0 Å². The Morgan fingerprint density at radius 3 is 2.58 bits per heavy atom. The molecule has 1 aromatic carbocycles. The molecule has 0 spiro atoms. The lowest BCUT2D eigenvalue weighted by Gasteiger charge is -2.23. The number of nitrogens with zero attached hydrogens (tertiary/aromatic N) is 2. The average molecular weight is 452 g/mol. The molecule has 0 radical (unpaired) electrons. The molecule has 1 aromatic heterocycles. The molecule has 8 nitrogen and oxygen atoms in total. The first-order valence-electron chi connectivity index (χ1n) is 11.6. The fraction of sp³-hybridized carbons (Fsp3) is 0.440. The first kappa shape index (κ1) is 24.2. The molecule has 4 amide bonds. The van der Waals surface area contributed by atoms with E-state index in [1.807, 2.05) is 42.5 Å². The molecular formula is C25H33N5O3. The Bertz CT molecular complexity index is 891. The molecule has 0 aliphatic carbocycles. The van der Waals surface area contributed by atoms with Gasteiger partial charge < -0.3 is 20.9 Å². The van der Waals surface area contributed by atoms with Gasteiger partial charge in [0.05, 0.1) is 0 Å². The molecule has 1 aliphatic heterocycles. The zero-order valence-electron chi connectivity index (χ0n) is 19.0. The fourth-order valence-electron chi connectivity index (χ4n) is 3.87. The average Bonchev–Trinajstić information content (AvgIpc) is 2.88. The number of hydrogen-bond acceptors (Lipinski definition) is 4. The first-order valence-corrected chi connectivity index (χ1v) is 11.6. The Hall–Kier alpha value is -3.42. The Labute approximate surface area is 195 Å². The lowest BCUT2D eigenvalue weighted by Crippen LogP contribution is -2.43. The van der Waals surface area contributed by atoms with E-state index in [0.717, 1.165) is 17.5 Å². The van der Waals surface area contributed by atoms with E-state index < -0.39 is 0 Å². The summed E-state index contributed by atoms with van der Waals surface area (Å²) < 4.78 is 0. The third kappa shape index (κ3) is 8.56. The highest BCUT2D eigenvalue weighted by Crippen LogP contribution is 2.14. The van der Waals surface area contributed by atoms with Crippen LogP contribution in [0.4, 0.5) is 4.79 Å². The van der Waals surface area contributed by atoms with E-state index in [1.54, 1.807) is 17.3 Å². The molecule has 1 aliphatic rings. The summed E-state index contributed by atoms with van der Waals surface area (Å²) in [5, 5.41) is 8.82. The fourth-order valence-corrected chi connectivity index (χ4v) is 3.87. The summed E-state index contributed by atoms with van der Waals surface area (Å²) >= 11 is 0. The highest BCUT2D eigenvalue weighted by Gasteiger charge is 2.21. The van der Waals surface area contributed by atoms with Gasteiger partial charge in [-0.2, -0.15) is 0 Å². The highest BCUT2D eigenvalue weighted by atomic mass is 16.2. The van der Waals surface area contributed by atoms with Gasteiger partial charge in [0.15, 0.2) is 0 Å². The van der Waals surface area contributed by atoms with Gasteiger partial charge in [0.25, 0.3) is 0 Å². The second-order valence-electron chi connectivity index (χ2n) is 8.26. The van der Waals surface area contributed by atoms with Crippen LogP contribution in [0.15, 0.2) is 54.9 Å². The Morgan fingerprint density at radius 1 is 1.00 bits per heavy atom. The molecule has 1 atom stereocenters. The van der Waals surface area contributed by atoms with Crippen molar-refractivity contribution in [2.45, 2.75) is 38.6 Å². The van der Waals surface area contributed by atoms with Crippen LogP contribution in [0, 0.1) is 5.92 Å². The van der Waals surface area contributed by atoms with E-state index in [9.17, 15) is 14.4 Å². The lowest BCUT2D eigenvalue weighted by molar-refractivity contribution is -0.126. The van der Waals surface area contributed by atoms with Crippen molar-refractivity contribution in [2.75, 3.05) is 26.2 Å². The van der Waals surface area contributed by atoms with Gasteiger partial charge >= 0.3 is 6.03 Å². The summed E-state index contributed by atoms with van der Waals surface area (Å²) in [6.07, 6.45) is 6.34. The number of carbonyl (C=O) groups is 3. The largest absolute Gasteiger partial charge is 0.356 e. The van der Waals surface area contributed by atoms with Crippen molar-refractivity contribution < 1.29 is 14.4 Å². The minimum absolute atomic E-state index is 0.0285. The normalized spacial score (nSPS) is 17.4. The van der Waals surface area contributed by atoms with Crippen molar-refractivity contribution in [3.8, 4) is 0 Å². The maximum atomic E-state index is 12.8. The van der Waals surface area contributed by atoms with Crippen LogP contribution in [0.3, 0.4) is 0 Å². The monoisotopic (exact) mass is 451 g/mol. The van der Waals surface area contributed by atoms with Gasteiger partial charge in [-0.3, -0.25) is 14.6 Å². The summed E-state index contributed by atoms with van der Waals surface area (Å²) in [6, 6.07) is 13.6. The van der Waals surface area contributed by atoms with Crippen LogP contribution in [0.5, 0.6) is 0 Å². The number of urea groups is 1. The van der Waals surface area contributed by atoms with E-state index >= 15 is 0 Å². The van der Waals surface area contributed by atoms with Crippen molar-refractivity contribution >= 4 is 17.8 Å². The molecule has 33 heavy (non-hydrogen) atoms. The molecule has 2 heterocycles. The number of nitrogens with one attached hydrogen (secondary N) is 3. The smallest absolute Gasteiger partial charge is 0.317 e. The molecule has 1 unspecified atom stereocenters. The maximum Gasteiger partial charge on any atom is 0.317 e. The molecule has 3 N–H and O–H groups in total. The number of hydrogen-bond donors (Lipinski definition) is 3. The molecule has 176 valence electrons. The summed E-state index contributed by atoms with van der Waals surface area (Å²) in [6.45, 7) is 2.31. The molecule has 1 fully saturated rings.